The minimum atomic E-state index is -1.62. The number of aromatic nitrogens is 1. The van der Waals surface area contributed by atoms with Gasteiger partial charge in [-0.3, -0.25) is 4.98 Å². The SMILES string of the molecule is CC1=C([Si](C)(C)C2C=CC=C2)C2=Cc3ncccc3C(Br)C2=C1. The van der Waals surface area contributed by atoms with E-state index in [0.717, 1.165) is 5.69 Å². The Morgan fingerprint density at radius 2 is 1.87 bits per heavy atom. The van der Waals surface area contributed by atoms with Crippen LogP contribution < -0.4 is 0 Å². The second-order valence-corrected chi connectivity index (χ2v) is 12.6. The third kappa shape index (κ3) is 2.21. The van der Waals surface area contributed by atoms with Gasteiger partial charge in [-0.05, 0) is 46.5 Å². The molecule has 0 saturated heterocycles. The van der Waals surface area contributed by atoms with Gasteiger partial charge in [0, 0.05) is 6.20 Å². The van der Waals surface area contributed by atoms with E-state index in [-0.39, 0.29) is 4.83 Å². The number of nitrogens with zero attached hydrogens (tertiary/aromatic N) is 1. The highest BCUT2D eigenvalue weighted by molar-refractivity contribution is 9.09. The first kappa shape index (κ1) is 15.1. The maximum absolute atomic E-state index is 4.60. The van der Waals surface area contributed by atoms with Gasteiger partial charge < -0.3 is 0 Å². The first-order valence-electron chi connectivity index (χ1n) is 8.09. The van der Waals surface area contributed by atoms with E-state index in [9.17, 15) is 0 Å². The van der Waals surface area contributed by atoms with Gasteiger partial charge in [0.1, 0.15) is 0 Å². The van der Waals surface area contributed by atoms with E-state index < -0.39 is 8.07 Å². The molecule has 3 aliphatic carbocycles. The van der Waals surface area contributed by atoms with Gasteiger partial charge in [-0.25, -0.2) is 0 Å². The number of hydrogen-bond acceptors (Lipinski definition) is 1. The molecule has 1 aromatic heterocycles. The Morgan fingerprint density at radius 1 is 1.13 bits per heavy atom. The molecular formula is C20H20BrNSi. The Hall–Kier alpha value is -1.45. The highest BCUT2D eigenvalue weighted by Gasteiger charge is 2.41. The van der Waals surface area contributed by atoms with Crippen LogP contribution in [0.15, 0.2) is 70.6 Å². The van der Waals surface area contributed by atoms with Gasteiger partial charge in [-0.2, -0.15) is 0 Å². The zero-order chi connectivity index (χ0) is 16.2. The Kier molecular flexibility index (Phi) is 3.47. The molecule has 23 heavy (non-hydrogen) atoms. The molecule has 0 fully saturated rings. The Bertz CT molecular complexity index is 827. The van der Waals surface area contributed by atoms with Gasteiger partial charge >= 0.3 is 0 Å². The summed E-state index contributed by atoms with van der Waals surface area (Å²) in [4.78, 5) is 4.85. The summed E-state index contributed by atoms with van der Waals surface area (Å²) in [6, 6.07) is 4.20. The van der Waals surface area contributed by atoms with Gasteiger partial charge in [0.15, 0.2) is 0 Å². The van der Waals surface area contributed by atoms with Crippen LogP contribution in [0.5, 0.6) is 0 Å². The Morgan fingerprint density at radius 3 is 2.61 bits per heavy atom. The van der Waals surface area contributed by atoms with Crippen LogP contribution in [0.25, 0.3) is 6.08 Å². The minimum Gasteiger partial charge on any atom is -0.257 e. The fourth-order valence-corrected chi connectivity index (χ4v) is 8.39. The zero-order valence-corrected chi connectivity index (χ0v) is 16.3. The maximum atomic E-state index is 4.60. The summed E-state index contributed by atoms with van der Waals surface area (Å²) in [5, 5.41) is 1.59. The van der Waals surface area contributed by atoms with Gasteiger partial charge in [-0.1, -0.05) is 71.0 Å². The topological polar surface area (TPSA) is 12.9 Å². The lowest BCUT2D eigenvalue weighted by Gasteiger charge is -2.33. The lowest BCUT2D eigenvalue weighted by Crippen LogP contribution is -2.35. The number of fused-ring (bicyclic) bond motifs is 2. The van der Waals surface area contributed by atoms with Crippen molar-refractivity contribution >= 4 is 30.1 Å². The van der Waals surface area contributed by atoms with Crippen molar-refractivity contribution in [3.05, 3.63) is 81.9 Å². The second-order valence-electron chi connectivity index (χ2n) is 7.07. The van der Waals surface area contributed by atoms with Crippen molar-refractivity contribution in [1.29, 1.82) is 0 Å². The van der Waals surface area contributed by atoms with Crippen LogP contribution in [0.4, 0.5) is 0 Å². The van der Waals surface area contributed by atoms with Crippen molar-refractivity contribution in [1.82, 2.24) is 4.98 Å². The molecule has 1 heterocycles. The summed E-state index contributed by atoms with van der Waals surface area (Å²) >= 11 is 3.91. The highest BCUT2D eigenvalue weighted by atomic mass is 79.9. The van der Waals surface area contributed by atoms with Crippen molar-refractivity contribution in [2.75, 3.05) is 0 Å². The average Bonchev–Trinajstić information content (AvgIpc) is 3.15. The fourth-order valence-electron chi connectivity index (χ4n) is 4.11. The molecule has 1 nitrogen and oxygen atoms in total. The lowest BCUT2D eigenvalue weighted by atomic mass is 9.92. The van der Waals surface area contributed by atoms with Crippen LogP contribution in [0, 0.1) is 0 Å². The maximum Gasteiger partial charge on any atom is 0.0923 e. The molecule has 1 atom stereocenters. The summed E-state index contributed by atoms with van der Waals surface area (Å²) in [6.07, 6.45) is 15.7. The van der Waals surface area contributed by atoms with Gasteiger partial charge in [0.2, 0.25) is 0 Å². The number of rotatable bonds is 2. The summed E-state index contributed by atoms with van der Waals surface area (Å²) < 4.78 is 0. The third-order valence-corrected chi connectivity index (χ3v) is 10.3. The van der Waals surface area contributed by atoms with E-state index in [1.165, 1.54) is 22.3 Å². The Balaban J connectivity index is 1.85. The minimum absolute atomic E-state index is 0.248. The van der Waals surface area contributed by atoms with Crippen LogP contribution >= 0.6 is 15.9 Å². The molecular weight excluding hydrogens is 362 g/mol. The molecule has 0 N–H and O–H groups in total. The summed E-state index contributed by atoms with van der Waals surface area (Å²) in [5.74, 6) is 0. The van der Waals surface area contributed by atoms with E-state index in [2.05, 4.69) is 83.5 Å². The molecule has 1 aromatic rings. The van der Waals surface area contributed by atoms with Gasteiger partial charge in [0.05, 0.1) is 18.6 Å². The van der Waals surface area contributed by atoms with Crippen molar-refractivity contribution in [3.63, 3.8) is 0 Å². The number of halogens is 1. The molecule has 4 rings (SSSR count). The van der Waals surface area contributed by atoms with Crippen LogP contribution in [0.1, 0.15) is 23.0 Å². The highest BCUT2D eigenvalue weighted by Crippen LogP contribution is 2.52. The molecule has 1 unspecified atom stereocenters. The number of pyridine rings is 1. The molecule has 0 radical (unpaired) electrons. The first-order valence-corrected chi connectivity index (χ1v) is 12.1. The molecule has 3 heteroatoms. The second kappa shape index (κ2) is 5.28. The summed E-state index contributed by atoms with van der Waals surface area (Å²) in [6.45, 7) is 7.26. The third-order valence-electron chi connectivity index (χ3n) is 5.27. The van der Waals surface area contributed by atoms with Gasteiger partial charge in [0.25, 0.3) is 0 Å². The number of alkyl halides is 1. The van der Waals surface area contributed by atoms with Crippen LogP contribution in [0.3, 0.4) is 0 Å². The summed E-state index contributed by atoms with van der Waals surface area (Å²) in [7, 11) is -1.62. The summed E-state index contributed by atoms with van der Waals surface area (Å²) in [5.41, 5.74) is 7.23. The lowest BCUT2D eigenvalue weighted by molar-refractivity contribution is 1.08. The molecule has 3 aliphatic rings. The largest absolute Gasteiger partial charge is 0.257 e. The van der Waals surface area contributed by atoms with E-state index in [1.54, 1.807) is 5.20 Å². The molecule has 0 aromatic carbocycles. The standard InChI is InChI=1S/C20H20BrNSi/c1-13-11-16-17(12-18-15(19(16)21)9-6-10-22-18)20(13)23(2,3)14-7-4-5-8-14/h4-12,14,19H,1-3H3. The Labute approximate surface area is 147 Å². The molecule has 0 amide bonds. The molecule has 0 aliphatic heterocycles. The van der Waals surface area contributed by atoms with Crippen molar-refractivity contribution in [2.45, 2.75) is 30.4 Å². The predicted molar refractivity (Wildman–Crippen MR) is 104 cm³/mol. The van der Waals surface area contributed by atoms with Crippen LogP contribution in [-0.2, 0) is 0 Å². The van der Waals surface area contributed by atoms with Gasteiger partial charge in [-0.15, -0.1) is 0 Å². The molecule has 0 saturated carbocycles. The fraction of sp³-hybridized carbons (Fsp3) is 0.250. The van der Waals surface area contributed by atoms with Crippen LogP contribution in [0.2, 0.25) is 18.6 Å². The average molecular weight is 382 g/mol. The molecule has 0 bridgehead atoms. The molecule has 116 valence electrons. The zero-order valence-electron chi connectivity index (χ0n) is 13.7. The predicted octanol–water partition coefficient (Wildman–Crippen LogP) is 5.91. The van der Waals surface area contributed by atoms with E-state index in [0.29, 0.717) is 5.54 Å². The van der Waals surface area contributed by atoms with Crippen molar-refractivity contribution in [3.8, 4) is 0 Å². The number of allylic oxidation sites excluding steroid dienone is 9. The normalized spacial score (nSPS) is 23.0. The van der Waals surface area contributed by atoms with Crippen molar-refractivity contribution in [2.24, 2.45) is 0 Å². The molecule has 0 spiro atoms. The van der Waals surface area contributed by atoms with Crippen LogP contribution in [-0.4, -0.2) is 13.1 Å². The monoisotopic (exact) mass is 381 g/mol. The van der Waals surface area contributed by atoms with E-state index >= 15 is 0 Å². The van der Waals surface area contributed by atoms with Crippen molar-refractivity contribution < 1.29 is 0 Å². The first-order chi connectivity index (χ1) is 11.0. The number of hydrogen-bond donors (Lipinski definition) is 0. The smallest absolute Gasteiger partial charge is 0.0923 e. The van der Waals surface area contributed by atoms with E-state index in [4.69, 9.17) is 0 Å². The van der Waals surface area contributed by atoms with E-state index in [1.807, 2.05) is 12.3 Å². The quantitative estimate of drug-likeness (QED) is 0.457.